The number of ether oxygens (including phenoxy) is 3. The Morgan fingerprint density at radius 3 is 2.43 bits per heavy atom. The van der Waals surface area contributed by atoms with Gasteiger partial charge in [-0.05, 0) is 55.6 Å². The predicted octanol–water partition coefficient (Wildman–Crippen LogP) is 3.54. The summed E-state index contributed by atoms with van der Waals surface area (Å²) >= 11 is 0. The third kappa shape index (κ3) is 7.31. The molecule has 0 spiro atoms. The molecule has 0 radical (unpaired) electrons. The van der Waals surface area contributed by atoms with Crippen molar-refractivity contribution in [1.29, 1.82) is 0 Å². The maximum Gasteiger partial charge on any atom is 0.420 e. The fraction of sp³-hybridized carbons (Fsp3) is 0.800. The Balaban J connectivity index is 1.94. The van der Waals surface area contributed by atoms with Crippen molar-refractivity contribution in [2.24, 2.45) is 34.8 Å². The lowest BCUT2D eigenvalue weighted by Gasteiger charge is -2.34. The quantitative estimate of drug-likeness (QED) is 0.154. The number of esters is 1. The minimum absolute atomic E-state index is 0.0931. The van der Waals surface area contributed by atoms with E-state index in [0.29, 0.717) is 18.4 Å². The van der Waals surface area contributed by atoms with E-state index in [1.165, 1.54) is 33.1 Å². The first-order valence-electron chi connectivity index (χ1n) is 14.6. The number of Topliss-reactive ketones (excluding diaryl/α,β-unsaturated/α-hetero) is 1. The van der Waals surface area contributed by atoms with Gasteiger partial charge in [-0.25, -0.2) is 0 Å². The molecule has 10 atom stereocenters. The van der Waals surface area contributed by atoms with E-state index in [2.05, 4.69) is 0 Å². The lowest BCUT2D eigenvalue weighted by atomic mass is 9.72. The van der Waals surface area contributed by atoms with Crippen LogP contribution in [0.4, 0.5) is 13.2 Å². The van der Waals surface area contributed by atoms with Crippen LogP contribution in [0.1, 0.15) is 73.6 Å². The standard InChI is InChI=1S/C30H46F3NO8/c1-7-20(13-35)40-14-19(34)8-15(2)22-10-24-29(42-24,30(31,32)33)12-18-9-21(18)16(3)26(38)17(4)27(39)28(5,6)23(36)11-25(37)41-22/h8,14,16-18,20-24,26,35-36,38H,7,9-13,34H2,1-6H3/b15-8+,19-14-/t16-,17+,18?,20?,21?,22-,23-,24?,26-,29?/m0/s1. The predicted molar refractivity (Wildman–Crippen MR) is 146 cm³/mol. The zero-order valence-corrected chi connectivity index (χ0v) is 25.2. The van der Waals surface area contributed by atoms with Gasteiger partial charge in [0.15, 0.2) is 5.60 Å². The maximum absolute atomic E-state index is 14.4. The molecule has 9 nitrogen and oxygen atoms in total. The van der Waals surface area contributed by atoms with E-state index < -0.39 is 77.7 Å². The molecule has 2 heterocycles. The first-order chi connectivity index (χ1) is 19.4. The first kappa shape index (κ1) is 34.3. The van der Waals surface area contributed by atoms with Crippen molar-refractivity contribution in [3.63, 3.8) is 0 Å². The molecule has 0 aromatic heterocycles. The molecule has 240 valence electrons. The summed E-state index contributed by atoms with van der Waals surface area (Å²) in [4.78, 5) is 26.3. The van der Waals surface area contributed by atoms with Crippen LogP contribution in [0.15, 0.2) is 23.6 Å². The Labute approximate surface area is 245 Å². The van der Waals surface area contributed by atoms with E-state index in [4.69, 9.17) is 19.9 Å². The van der Waals surface area contributed by atoms with Crippen LogP contribution in [0.3, 0.4) is 0 Å². The van der Waals surface area contributed by atoms with Gasteiger partial charge in [0.25, 0.3) is 0 Å². The first-order valence-corrected chi connectivity index (χ1v) is 14.6. The molecule has 42 heavy (non-hydrogen) atoms. The van der Waals surface area contributed by atoms with Gasteiger partial charge in [-0.2, -0.15) is 13.2 Å². The van der Waals surface area contributed by atoms with E-state index in [0.717, 1.165) is 0 Å². The number of aliphatic hydroxyl groups excluding tert-OH is 3. The monoisotopic (exact) mass is 605 g/mol. The van der Waals surface area contributed by atoms with Gasteiger partial charge in [0.2, 0.25) is 0 Å². The molecular formula is C30H46F3NO8. The van der Waals surface area contributed by atoms with Gasteiger partial charge < -0.3 is 35.3 Å². The molecule has 2 aliphatic heterocycles. The summed E-state index contributed by atoms with van der Waals surface area (Å²) in [5.41, 5.74) is 2.62. The van der Waals surface area contributed by atoms with Crippen LogP contribution in [0, 0.1) is 29.1 Å². The summed E-state index contributed by atoms with van der Waals surface area (Å²) in [5.74, 6) is -3.31. The average Bonchev–Trinajstić information content (AvgIpc) is 3.83. The van der Waals surface area contributed by atoms with Gasteiger partial charge in [-0.1, -0.05) is 34.6 Å². The molecule has 0 bridgehead atoms. The van der Waals surface area contributed by atoms with Crippen molar-refractivity contribution in [2.45, 2.75) is 116 Å². The second-order valence-electron chi connectivity index (χ2n) is 12.9. The number of epoxide rings is 1. The van der Waals surface area contributed by atoms with Gasteiger partial charge in [-0.3, -0.25) is 9.59 Å². The summed E-state index contributed by atoms with van der Waals surface area (Å²) in [6.07, 6.45) is -7.82. The molecule has 3 rings (SSSR count). The lowest BCUT2D eigenvalue weighted by molar-refractivity contribution is -0.187. The van der Waals surface area contributed by atoms with E-state index in [1.54, 1.807) is 13.8 Å². The molecule has 0 amide bonds. The number of hydrogen-bond donors (Lipinski definition) is 4. The van der Waals surface area contributed by atoms with E-state index in [1.807, 2.05) is 6.92 Å². The van der Waals surface area contributed by atoms with Crippen molar-refractivity contribution < 1.29 is 52.3 Å². The van der Waals surface area contributed by atoms with Gasteiger partial charge in [0, 0.05) is 12.3 Å². The summed E-state index contributed by atoms with van der Waals surface area (Å²) < 4.78 is 59.6. The lowest BCUT2D eigenvalue weighted by Crippen LogP contribution is -2.46. The van der Waals surface area contributed by atoms with Gasteiger partial charge in [-0.15, -0.1) is 0 Å². The zero-order chi connectivity index (χ0) is 31.8. The van der Waals surface area contributed by atoms with Crippen LogP contribution in [0.2, 0.25) is 0 Å². The van der Waals surface area contributed by atoms with E-state index >= 15 is 0 Å². The summed E-state index contributed by atoms with van der Waals surface area (Å²) in [5, 5.41) is 31.2. The third-order valence-corrected chi connectivity index (χ3v) is 9.47. The Kier molecular flexibility index (Phi) is 10.5. The van der Waals surface area contributed by atoms with Crippen LogP contribution in [-0.4, -0.2) is 76.0 Å². The van der Waals surface area contributed by atoms with Crippen LogP contribution < -0.4 is 5.73 Å². The van der Waals surface area contributed by atoms with Crippen LogP contribution in [-0.2, 0) is 23.8 Å². The SMILES string of the molecule is CCC(CO)O/C=C(N)/C=C(\C)[C@@H]1CC2OC2(C(F)(F)F)CC2CC2[C@H](C)[C@H](O)[C@@H](C)C(=O)C(C)(C)[C@@H](O)CC(=O)O1. The molecule has 0 aromatic rings. The number of hydrogen-bond acceptors (Lipinski definition) is 9. The number of fused-ring (bicyclic) bond motifs is 2. The summed E-state index contributed by atoms with van der Waals surface area (Å²) in [6.45, 7) is 9.36. The fourth-order valence-corrected chi connectivity index (χ4v) is 6.13. The van der Waals surface area contributed by atoms with Gasteiger partial charge >= 0.3 is 12.1 Å². The second-order valence-corrected chi connectivity index (χ2v) is 12.9. The van der Waals surface area contributed by atoms with Crippen molar-refractivity contribution in [1.82, 2.24) is 0 Å². The van der Waals surface area contributed by atoms with Gasteiger partial charge in [0.05, 0.1) is 36.3 Å². The van der Waals surface area contributed by atoms with Crippen LogP contribution in [0.5, 0.6) is 0 Å². The Bertz CT molecular complexity index is 1060. The number of allylic oxidation sites excluding steroid dienone is 1. The highest BCUT2D eigenvalue weighted by Gasteiger charge is 2.74. The van der Waals surface area contributed by atoms with Crippen molar-refractivity contribution in [3.05, 3.63) is 23.6 Å². The molecule has 1 aliphatic carbocycles. The van der Waals surface area contributed by atoms with E-state index in [-0.39, 0.29) is 37.0 Å². The minimum atomic E-state index is -4.68. The zero-order valence-electron chi connectivity index (χ0n) is 25.2. The van der Waals surface area contributed by atoms with Crippen molar-refractivity contribution in [3.8, 4) is 0 Å². The topological polar surface area (TPSA) is 152 Å². The average molecular weight is 606 g/mol. The summed E-state index contributed by atoms with van der Waals surface area (Å²) in [6, 6.07) is 0. The summed E-state index contributed by atoms with van der Waals surface area (Å²) in [7, 11) is 0. The van der Waals surface area contributed by atoms with Crippen molar-refractivity contribution in [2.75, 3.05) is 6.61 Å². The molecule has 3 aliphatic rings. The van der Waals surface area contributed by atoms with Crippen LogP contribution in [0.25, 0.3) is 0 Å². The molecule has 3 fully saturated rings. The molecule has 2 saturated heterocycles. The van der Waals surface area contributed by atoms with Crippen LogP contribution >= 0.6 is 0 Å². The number of carbonyl (C=O) groups is 2. The smallest absolute Gasteiger partial charge is 0.420 e. The molecule has 5 N–H and O–H groups in total. The minimum Gasteiger partial charge on any atom is -0.494 e. The number of aliphatic hydroxyl groups is 3. The Hall–Kier alpha value is -2.15. The fourth-order valence-electron chi connectivity index (χ4n) is 6.13. The largest absolute Gasteiger partial charge is 0.494 e. The highest BCUT2D eigenvalue weighted by Crippen LogP contribution is 2.61. The highest BCUT2D eigenvalue weighted by molar-refractivity contribution is 5.88. The Morgan fingerprint density at radius 1 is 1.21 bits per heavy atom. The number of ketones is 1. The highest BCUT2D eigenvalue weighted by atomic mass is 19.4. The molecular weight excluding hydrogens is 559 g/mol. The maximum atomic E-state index is 14.4. The number of rotatable bonds is 6. The number of nitrogens with two attached hydrogens (primary N) is 1. The van der Waals surface area contributed by atoms with Crippen molar-refractivity contribution >= 4 is 11.8 Å². The molecule has 5 unspecified atom stereocenters. The van der Waals surface area contributed by atoms with Gasteiger partial charge in [0.1, 0.15) is 30.4 Å². The Morgan fingerprint density at radius 2 is 1.86 bits per heavy atom. The number of alkyl halides is 3. The van der Waals surface area contributed by atoms with E-state index in [9.17, 15) is 38.1 Å². The molecule has 12 heteroatoms. The third-order valence-electron chi connectivity index (χ3n) is 9.47. The number of cyclic esters (lactones) is 1. The molecule has 1 saturated carbocycles. The molecule has 0 aromatic carbocycles. The second kappa shape index (κ2) is 12.8. The normalized spacial score (nSPS) is 39.0. The number of halogens is 3. The number of carbonyl (C=O) groups excluding carboxylic acids is 2.